The first kappa shape index (κ1) is 5.72. The Labute approximate surface area is 76.3 Å². The van der Waals surface area contributed by atoms with E-state index in [1.165, 1.54) is 0 Å². The molecule has 3 nitrogen and oxygen atoms in total. The van der Waals surface area contributed by atoms with Crippen LogP contribution in [0.1, 0.15) is 9.68 Å². The van der Waals surface area contributed by atoms with Crippen LogP contribution >= 0.6 is 0 Å². The lowest BCUT2D eigenvalue weighted by molar-refractivity contribution is 0.397. The Morgan fingerprint density at radius 2 is 2.08 bits per heavy atom. The highest BCUT2D eigenvalue weighted by molar-refractivity contribution is 7.85. The number of rotatable bonds is 3. The lowest BCUT2D eigenvalue weighted by Gasteiger charge is -1.99. The number of hydrogen-bond donors (Lipinski definition) is 0. The molecule has 1 rings (SSSR count). The second kappa shape index (κ2) is 3.69. The average Bonchev–Trinajstić information content (AvgIpc) is 1.99. The molecule has 0 amide bonds. The van der Waals surface area contributed by atoms with Gasteiger partial charge in [-0.25, -0.2) is 0 Å². The number of benzene rings is 1. The molecule has 66 valence electrons. The highest BCUT2D eigenvalue weighted by Crippen LogP contribution is 2.05. The Morgan fingerprint density at radius 1 is 1.42 bits per heavy atom. The van der Waals surface area contributed by atoms with Crippen LogP contribution in [0.15, 0.2) is 30.3 Å². The summed E-state index contributed by atoms with van der Waals surface area (Å²) in [5, 5.41) is 0. The first-order valence-electron chi connectivity index (χ1n) is 4.76. The van der Waals surface area contributed by atoms with E-state index in [-0.39, 0.29) is 0 Å². The highest BCUT2D eigenvalue weighted by atomic mass is 32.2. The van der Waals surface area contributed by atoms with E-state index in [0.717, 1.165) is 0 Å². The zero-order valence-electron chi connectivity index (χ0n) is 9.23. The normalized spacial score (nSPS) is 16.2. The van der Waals surface area contributed by atoms with Crippen LogP contribution in [0.25, 0.3) is 0 Å². The van der Waals surface area contributed by atoms with Crippen molar-refractivity contribution in [2.24, 2.45) is 0 Å². The van der Waals surface area contributed by atoms with E-state index >= 15 is 0 Å². The fraction of sp³-hybridized carbons (Fsp3) is 0.250. The van der Waals surface area contributed by atoms with Gasteiger partial charge in [-0.2, -0.15) is 8.42 Å². The van der Waals surface area contributed by atoms with Gasteiger partial charge in [-0.3, -0.25) is 4.18 Å². The Bertz CT molecular complexity index is 411. The molecule has 0 spiro atoms. The quantitative estimate of drug-likeness (QED) is 0.670. The zero-order valence-corrected chi connectivity index (χ0v) is 7.04. The van der Waals surface area contributed by atoms with Crippen LogP contribution in [0.3, 0.4) is 0 Å². The summed E-state index contributed by atoms with van der Waals surface area (Å²) in [6.45, 7) is 0. The second-order valence-corrected chi connectivity index (χ2v) is 3.84. The third-order valence-corrected chi connectivity index (χ3v) is 2.25. The van der Waals surface area contributed by atoms with E-state index in [2.05, 4.69) is 4.18 Å². The molecule has 1 aromatic rings. The molecule has 0 saturated carbocycles. The van der Waals surface area contributed by atoms with E-state index in [1.807, 2.05) is 0 Å². The van der Waals surface area contributed by atoms with Crippen LogP contribution in [0, 0.1) is 0 Å². The molecular weight excluding hydrogens is 176 g/mol. The summed E-state index contributed by atoms with van der Waals surface area (Å²) in [4.78, 5) is 0. The predicted molar refractivity (Wildman–Crippen MR) is 46.1 cm³/mol. The minimum absolute atomic E-state index is 0.438. The average molecular weight is 189 g/mol. The lowest BCUT2D eigenvalue weighted by Crippen LogP contribution is -2.05. The Balaban J connectivity index is 2.74. The maximum atomic E-state index is 11.2. The molecule has 0 heterocycles. The summed E-state index contributed by atoms with van der Waals surface area (Å²) in [6, 6.07) is 8.24. The van der Waals surface area contributed by atoms with Crippen molar-refractivity contribution in [2.45, 2.75) is 5.75 Å². The fourth-order valence-corrected chi connectivity index (χ4v) is 1.47. The van der Waals surface area contributed by atoms with Crippen molar-refractivity contribution >= 4 is 10.1 Å². The predicted octanol–water partition coefficient (Wildman–Crippen LogP) is 1.16. The van der Waals surface area contributed by atoms with E-state index in [1.54, 1.807) is 30.3 Å². The summed E-state index contributed by atoms with van der Waals surface area (Å²) < 4.78 is 46.5. The summed E-state index contributed by atoms with van der Waals surface area (Å²) in [5.41, 5.74) is 0.488. The fourth-order valence-electron chi connectivity index (χ4n) is 0.808. The van der Waals surface area contributed by atoms with Gasteiger partial charge in [0.1, 0.15) is 5.75 Å². The van der Waals surface area contributed by atoms with Crippen molar-refractivity contribution in [2.75, 3.05) is 7.04 Å². The first-order chi connectivity index (χ1) is 6.79. The molecule has 0 atom stereocenters. The van der Waals surface area contributed by atoms with Crippen molar-refractivity contribution in [3.05, 3.63) is 35.9 Å². The Morgan fingerprint density at radius 3 is 2.67 bits per heavy atom. The highest BCUT2D eigenvalue weighted by Gasteiger charge is 2.08. The summed E-state index contributed by atoms with van der Waals surface area (Å²) in [7, 11) is -6.98. The van der Waals surface area contributed by atoms with Crippen molar-refractivity contribution in [1.29, 1.82) is 0 Å². The topological polar surface area (TPSA) is 43.4 Å². The molecule has 4 heteroatoms. The van der Waals surface area contributed by atoms with Gasteiger partial charge < -0.3 is 0 Å². The van der Waals surface area contributed by atoms with Gasteiger partial charge in [0.15, 0.2) is 0 Å². The zero-order chi connectivity index (χ0) is 11.5. The van der Waals surface area contributed by atoms with Crippen molar-refractivity contribution in [3.8, 4) is 0 Å². The van der Waals surface area contributed by atoms with Crippen molar-refractivity contribution < 1.29 is 16.7 Å². The molecule has 0 N–H and O–H groups in total. The summed E-state index contributed by atoms with van der Waals surface area (Å²) in [5.74, 6) is -0.438. The van der Waals surface area contributed by atoms with E-state index in [0.29, 0.717) is 5.56 Å². The van der Waals surface area contributed by atoms with Gasteiger partial charge in [0.05, 0.1) is 11.2 Å². The number of hydrogen-bond acceptors (Lipinski definition) is 3. The molecule has 0 fully saturated rings. The molecule has 0 bridgehead atoms. The molecule has 0 saturated heterocycles. The van der Waals surface area contributed by atoms with Gasteiger partial charge in [0.25, 0.3) is 10.1 Å². The third kappa shape index (κ3) is 2.64. The van der Waals surface area contributed by atoms with E-state index in [9.17, 15) is 8.42 Å². The second-order valence-electron chi connectivity index (χ2n) is 2.27. The largest absolute Gasteiger partial charge is 0.273 e. The molecule has 0 aromatic heterocycles. The van der Waals surface area contributed by atoms with Gasteiger partial charge in [-0.15, -0.1) is 0 Å². The molecular formula is C8H10O3S. The molecule has 0 aliphatic carbocycles. The lowest BCUT2D eigenvalue weighted by atomic mass is 10.2. The minimum atomic E-state index is -4.05. The molecule has 0 aliphatic heterocycles. The smallest absolute Gasteiger partial charge is 0.271 e. The van der Waals surface area contributed by atoms with Crippen LogP contribution in [-0.2, 0) is 20.1 Å². The Kier molecular flexibility index (Phi) is 1.76. The molecule has 1 aromatic carbocycles. The van der Waals surface area contributed by atoms with Gasteiger partial charge in [-0.05, 0) is 5.56 Å². The van der Waals surface area contributed by atoms with Crippen LogP contribution in [0.2, 0.25) is 0 Å². The van der Waals surface area contributed by atoms with Gasteiger partial charge in [0.2, 0.25) is 0 Å². The van der Waals surface area contributed by atoms with Gasteiger partial charge in [0, 0.05) is 0 Å². The molecule has 0 aliphatic rings. The summed E-state index contributed by atoms with van der Waals surface area (Å²) in [6.07, 6.45) is 0. The Hall–Kier alpha value is -0.870. The van der Waals surface area contributed by atoms with Crippen LogP contribution < -0.4 is 0 Å². The minimum Gasteiger partial charge on any atom is -0.273 e. The van der Waals surface area contributed by atoms with Crippen molar-refractivity contribution in [3.63, 3.8) is 0 Å². The van der Waals surface area contributed by atoms with Crippen LogP contribution in [0.5, 0.6) is 0 Å². The maximum Gasteiger partial charge on any atom is 0.271 e. The van der Waals surface area contributed by atoms with E-state index in [4.69, 9.17) is 4.11 Å². The SMILES string of the molecule is [2H]C([2H])([2H])OS(=O)(=O)Cc1ccccc1. The molecule has 12 heavy (non-hydrogen) atoms. The standard InChI is InChI=1S/C8H10O3S/c1-11-12(9,10)7-8-5-3-2-4-6-8/h2-6H,7H2,1H3/i1D3. The maximum absolute atomic E-state index is 11.2. The first-order valence-corrected chi connectivity index (χ1v) is 4.83. The van der Waals surface area contributed by atoms with Gasteiger partial charge >= 0.3 is 0 Å². The molecule has 0 radical (unpaired) electrons. The summed E-state index contributed by atoms with van der Waals surface area (Å²) >= 11 is 0. The van der Waals surface area contributed by atoms with Gasteiger partial charge in [-0.1, -0.05) is 30.3 Å². The monoisotopic (exact) mass is 189 g/mol. The van der Waals surface area contributed by atoms with Crippen molar-refractivity contribution in [1.82, 2.24) is 0 Å². The van der Waals surface area contributed by atoms with Crippen LogP contribution in [-0.4, -0.2) is 15.5 Å². The molecule has 0 unspecified atom stereocenters. The van der Waals surface area contributed by atoms with Crippen LogP contribution in [0.4, 0.5) is 0 Å². The van der Waals surface area contributed by atoms with E-state index < -0.39 is 22.9 Å². The third-order valence-electron chi connectivity index (χ3n) is 1.31.